The van der Waals surface area contributed by atoms with E-state index in [0.717, 1.165) is 5.69 Å². The number of hydrogen-bond donors (Lipinski definition) is 2. The molecule has 2 heterocycles. The molecule has 1 saturated heterocycles. The van der Waals surface area contributed by atoms with Gasteiger partial charge in [-0.2, -0.15) is 4.98 Å². The summed E-state index contributed by atoms with van der Waals surface area (Å²) < 4.78 is 14.0. The van der Waals surface area contributed by atoms with Crippen molar-refractivity contribution in [1.82, 2.24) is 9.55 Å². The van der Waals surface area contributed by atoms with Crippen LogP contribution in [0.25, 0.3) is 0 Å². The molecule has 0 radical (unpaired) electrons. The normalized spacial score (nSPS) is 24.8. The minimum absolute atomic E-state index is 0.0335. The minimum Gasteiger partial charge on any atom is -0.407 e. The van der Waals surface area contributed by atoms with E-state index in [1.807, 2.05) is 37.3 Å². The lowest BCUT2D eigenvalue weighted by molar-refractivity contribution is -0.0372. The molecule has 1 unspecified atom stereocenters. The maximum absolute atomic E-state index is 12.8. The summed E-state index contributed by atoms with van der Waals surface area (Å²) >= 11 is 0. The maximum atomic E-state index is 12.8. The zero-order valence-electron chi connectivity index (χ0n) is 18.6. The van der Waals surface area contributed by atoms with Crippen LogP contribution in [-0.4, -0.2) is 41.3 Å². The van der Waals surface area contributed by atoms with Crippen molar-refractivity contribution in [2.75, 3.05) is 5.32 Å². The van der Waals surface area contributed by atoms with Gasteiger partial charge < -0.3 is 19.6 Å². The molecule has 0 amide bonds. The third kappa shape index (κ3) is 4.67. The molecule has 1 aromatic carbocycles. The summed E-state index contributed by atoms with van der Waals surface area (Å²) in [5.74, 6) is 0.454. The second kappa shape index (κ2) is 8.62. The largest absolute Gasteiger partial charge is 0.407 e. The van der Waals surface area contributed by atoms with E-state index >= 15 is 0 Å². The van der Waals surface area contributed by atoms with Crippen LogP contribution in [0.1, 0.15) is 40.3 Å². The summed E-state index contributed by atoms with van der Waals surface area (Å²) in [4.78, 5) is 17.0. The molecule has 0 spiro atoms. The van der Waals surface area contributed by atoms with Crippen molar-refractivity contribution in [2.45, 2.75) is 76.8 Å². The van der Waals surface area contributed by atoms with Crippen LogP contribution in [0, 0.1) is 0 Å². The predicted molar refractivity (Wildman–Crippen MR) is 120 cm³/mol. The summed E-state index contributed by atoms with van der Waals surface area (Å²) in [6.07, 6.45) is -0.252. The number of nitrogens with one attached hydrogen (secondary N) is 1. The fourth-order valence-electron chi connectivity index (χ4n) is 3.27. The summed E-state index contributed by atoms with van der Waals surface area (Å²) in [7, 11) is -2.20. The van der Waals surface area contributed by atoms with Gasteiger partial charge in [0.2, 0.25) is 0 Å². The molecule has 1 aromatic heterocycles. The van der Waals surface area contributed by atoms with Crippen molar-refractivity contribution < 1.29 is 14.3 Å². The van der Waals surface area contributed by atoms with E-state index < -0.39 is 38.5 Å². The Kier molecular flexibility index (Phi) is 6.52. The quantitative estimate of drug-likeness (QED) is 0.671. The first-order valence-corrected chi connectivity index (χ1v) is 13.4. The summed E-state index contributed by atoms with van der Waals surface area (Å²) in [5.41, 5.74) is 0.397. The molecular weight excluding hydrogens is 398 g/mol. The molecule has 0 aliphatic carbocycles. The molecule has 2 N–H and O–H groups in total. The second-order valence-corrected chi connectivity index (χ2v) is 14.1. The van der Waals surface area contributed by atoms with Gasteiger partial charge in [-0.25, -0.2) is 4.79 Å². The van der Waals surface area contributed by atoms with Gasteiger partial charge in [0.1, 0.15) is 18.0 Å². The number of ether oxygens (including phenoxy) is 1. The molecule has 164 valence electrons. The van der Waals surface area contributed by atoms with Gasteiger partial charge >= 0.3 is 5.69 Å². The van der Waals surface area contributed by atoms with Gasteiger partial charge in [0.15, 0.2) is 14.5 Å². The van der Waals surface area contributed by atoms with Crippen molar-refractivity contribution in [3.8, 4) is 0 Å². The molecule has 7 nitrogen and oxygen atoms in total. The molecule has 30 heavy (non-hydrogen) atoms. The zero-order chi connectivity index (χ0) is 22.1. The number of anilines is 2. The Morgan fingerprint density at radius 3 is 2.47 bits per heavy atom. The molecule has 1 aliphatic rings. The number of hydrogen-bond acceptors (Lipinski definition) is 6. The predicted octanol–water partition coefficient (Wildman–Crippen LogP) is 4.05. The average molecular weight is 432 g/mol. The molecule has 0 saturated carbocycles. The number of para-hydroxylation sites is 1. The van der Waals surface area contributed by atoms with E-state index in [4.69, 9.17) is 9.16 Å². The van der Waals surface area contributed by atoms with Gasteiger partial charge in [-0.3, -0.25) is 4.57 Å². The van der Waals surface area contributed by atoms with E-state index in [1.165, 1.54) is 4.57 Å². The van der Waals surface area contributed by atoms with Gasteiger partial charge in [0, 0.05) is 11.9 Å². The molecule has 4 atom stereocenters. The van der Waals surface area contributed by atoms with E-state index in [9.17, 15) is 9.90 Å². The number of aliphatic hydroxyl groups excluding tert-OH is 1. The van der Waals surface area contributed by atoms with Crippen LogP contribution in [0.15, 0.2) is 47.4 Å². The Labute approximate surface area is 179 Å². The minimum atomic E-state index is -2.20. The van der Waals surface area contributed by atoms with Crippen LogP contribution in [0.4, 0.5) is 11.5 Å². The van der Waals surface area contributed by atoms with E-state index in [0.29, 0.717) is 12.2 Å². The van der Waals surface area contributed by atoms with E-state index in [2.05, 4.69) is 44.2 Å². The Balaban J connectivity index is 1.88. The molecule has 0 bridgehead atoms. The van der Waals surface area contributed by atoms with Crippen molar-refractivity contribution in [1.29, 1.82) is 0 Å². The standard InChI is InChI=1S/C22H33N3O4Si/c1-7-16-18(26)19(29-30(5,6)22(2,3)4)20(28-16)25-14-13-17(24-21(25)27)23-15-11-9-8-10-12-15/h8-14,16,18-20,26H,7H2,1-6H3,(H,23,24,27)/t16-,18?,19+,20-/m1/s1. The summed E-state index contributed by atoms with van der Waals surface area (Å²) in [6.45, 7) is 12.6. The third-order valence-electron chi connectivity index (χ3n) is 6.10. The molecular formula is C22H33N3O4Si. The lowest BCUT2D eigenvalue weighted by Gasteiger charge is -2.40. The molecule has 2 aromatic rings. The Bertz CT molecular complexity index is 911. The number of nitrogens with zero attached hydrogens (tertiary/aromatic N) is 2. The van der Waals surface area contributed by atoms with Crippen molar-refractivity contribution in [3.63, 3.8) is 0 Å². The molecule has 1 aliphatic heterocycles. The van der Waals surface area contributed by atoms with Crippen LogP contribution in [0.3, 0.4) is 0 Å². The highest BCUT2D eigenvalue weighted by atomic mass is 28.4. The Hall–Kier alpha value is -2.00. The Morgan fingerprint density at radius 1 is 1.23 bits per heavy atom. The highest BCUT2D eigenvalue weighted by Crippen LogP contribution is 2.42. The molecule has 1 fully saturated rings. The first-order valence-electron chi connectivity index (χ1n) is 10.5. The molecule has 8 heteroatoms. The maximum Gasteiger partial charge on any atom is 0.351 e. The van der Waals surface area contributed by atoms with Crippen LogP contribution in [0.2, 0.25) is 18.1 Å². The Morgan fingerprint density at radius 2 is 1.90 bits per heavy atom. The van der Waals surface area contributed by atoms with Gasteiger partial charge in [-0.15, -0.1) is 0 Å². The average Bonchev–Trinajstić information content (AvgIpc) is 2.97. The van der Waals surface area contributed by atoms with Crippen LogP contribution in [0.5, 0.6) is 0 Å². The number of rotatable bonds is 6. The third-order valence-corrected chi connectivity index (χ3v) is 10.6. The monoisotopic (exact) mass is 431 g/mol. The van der Waals surface area contributed by atoms with Gasteiger partial charge in [0.25, 0.3) is 0 Å². The zero-order valence-corrected chi connectivity index (χ0v) is 19.6. The number of aromatic nitrogens is 2. The van der Waals surface area contributed by atoms with Crippen LogP contribution in [-0.2, 0) is 9.16 Å². The first-order chi connectivity index (χ1) is 14.0. The number of benzene rings is 1. The van der Waals surface area contributed by atoms with Crippen LogP contribution < -0.4 is 11.0 Å². The molecule has 3 rings (SSSR count). The van der Waals surface area contributed by atoms with Crippen LogP contribution >= 0.6 is 0 Å². The smallest absolute Gasteiger partial charge is 0.351 e. The van der Waals surface area contributed by atoms with Gasteiger partial charge in [-0.1, -0.05) is 45.9 Å². The second-order valence-electron chi connectivity index (χ2n) is 9.30. The summed E-state index contributed by atoms with van der Waals surface area (Å²) in [6, 6.07) is 11.3. The van der Waals surface area contributed by atoms with Crippen molar-refractivity contribution in [3.05, 3.63) is 53.1 Å². The first kappa shape index (κ1) is 22.7. The fraction of sp³-hybridized carbons (Fsp3) is 0.545. The summed E-state index contributed by atoms with van der Waals surface area (Å²) in [5, 5.41) is 14.0. The highest BCUT2D eigenvalue weighted by Gasteiger charge is 2.50. The fourth-order valence-corrected chi connectivity index (χ4v) is 4.56. The van der Waals surface area contributed by atoms with E-state index in [-0.39, 0.29) is 5.04 Å². The SMILES string of the molecule is CC[C@H]1O[C@@H](n2ccc(Nc3ccccc3)nc2=O)[C@@H](O[Si](C)(C)C(C)(C)C)C1O. The van der Waals surface area contributed by atoms with Crippen molar-refractivity contribution >= 4 is 19.8 Å². The van der Waals surface area contributed by atoms with E-state index in [1.54, 1.807) is 12.3 Å². The highest BCUT2D eigenvalue weighted by molar-refractivity contribution is 6.74. The van der Waals surface area contributed by atoms with Gasteiger partial charge in [0.05, 0.1) is 6.10 Å². The van der Waals surface area contributed by atoms with Gasteiger partial charge in [-0.05, 0) is 42.8 Å². The van der Waals surface area contributed by atoms with Crippen molar-refractivity contribution in [2.24, 2.45) is 0 Å². The lowest BCUT2D eigenvalue weighted by Crippen LogP contribution is -2.49. The topological polar surface area (TPSA) is 85.6 Å². The number of aliphatic hydroxyl groups is 1. The lowest BCUT2D eigenvalue weighted by atomic mass is 10.1.